The van der Waals surface area contributed by atoms with E-state index in [0.29, 0.717) is 0 Å². The molecule has 0 amide bonds. The third-order valence-corrected chi connectivity index (χ3v) is 14.1. The number of nitrogens with zero attached hydrogens (tertiary/aromatic N) is 3. The van der Waals surface area contributed by atoms with E-state index in [1.54, 1.807) is 0 Å². The smallest absolute Gasteiger partial charge is 0.193 e. The highest BCUT2D eigenvalue weighted by Crippen LogP contribution is 2.54. The van der Waals surface area contributed by atoms with Gasteiger partial charge in [0, 0.05) is 61.2 Å². The molecular formula is C61H47N3O. The molecule has 0 fully saturated rings. The zero-order valence-electron chi connectivity index (χ0n) is 37.0. The Morgan fingerprint density at radius 3 is 1.71 bits per heavy atom. The molecule has 312 valence electrons. The van der Waals surface area contributed by atoms with Gasteiger partial charge in [-0.1, -0.05) is 149 Å². The molecule has 0 unspecified atom stereocenters. The van der Waals surface area contributed by atoms with E-state index < -0.39 is 0 Å². The Kier molecular flexibility index (Phi) is 8.66. The fourth-order valence-corrected chi connectivity index (χ4v) is 10.9. The summed E-state index contributed by atoms with van der Waals surface area (Å²) in [4.78, 5) is 18.9. The number of para-hydroxylation sites is 4. The number of benzene rings is 9. The highest BCUT2D eigenvalue weighted by molar-refractivity contribution is 6.14. The van der Waals surface area contributed by atoms with Crippen LogP contribution in [-0.2, 0) is 10.8 Å². The van der Waals surface area contributed by atoms with Gasteiger partial charge in [-0.15, -0.1) is 0 Å². The highest BCUT2D eigenvalue weighted by Gasteiger charge is 2.39. The quantitative estimate of drug-likeness (QED) is 0.167. The Balaban J connectivity index is 1.10. The van der Waals surface area contributed by atoms with Crippen molar-refractivity contribution < 1.29 is 4.79 Å². The van der Waals surface area contributed by atoms with E-state index in [9.17, 15) is 4.79 Å². The Morgan fingerprint density at radius 1 is 0.385 bits per heavy atom. The number of carbonyl (C=O) groups excluding carboxylic acids is 1. The van der Waals surface area contributed by atoms with E-state index in [4.69, 9.17) is 0 Å². The molecule has 1 aromatic heterocycles. The van der Waals surface area contributed by atoms with Gasteiger partial charge in [-0.25, -0.2) is 0 Å². The van der Waals surface area contributed by atoms with Crippen molar-refractivity contribution in [1.29, 1.82) is 0 Å². The summed E-state index contributed by atoms with van der Waals surface area (Å²) in [7, 11) is 0. The number of hydrogen-bond acceptors (Lipinski definition) is 3. The van der Waals surface area contributed by atoms with Crippen molar-refractivity contribution in [2.45, 2.75) is 38.5 Å². The summed E-state index contributed by atoms with van der Waals surface area (Å²) in [6.07, 6.45) is 0. The van der Waals surface area contributed by atoms with Crippen LogP contribution >= 0.6 is 0 Å². The number of fused-ring (bicyclic) bond motifs is 7. The summed E-state index contributed by atoms with van der Waals surface area (Å²) in [6.45, 7) is 9.17. The van der Waals surface area contributed by atoms with Gasteiger partial charge in [0.25, 0.3) is 0 Å². The molecule has 0 atom stereocenters. The lowest BCUT2D eigenvalue weighted by Gasteiger charge is -2.42. The van der Waals surface area contributed by atoms with Crippen molar-refractivity contribution in [3.8, 4) is 16.8 Å². The number of hydrogen-bond donors (Lipinski definition) is 0. The zero-order valence-corrected chi connectivity index (χ0v) is 37.0. The minimum Gasteiger partial charge on any atom is -0.310 e. The minimum atomic E-state index is -0.292. The first kappa shape index (κ1) is 38.7. The van der Waals surface area contributed by atoms with Gasteiger partial charge < -0.3 is 14.4 Å². The molecule has 0 saturated carbocycles. The monoisotopic (exact) mass is 837 g/mol. The Bertz CT molecular complexity index is 3470. The van der Waals surface area contributed by atoms with Gasteiger partial charge in [0.05, 0.1) is 22.4 Å². The molecule has 9 aromatic carbocycles. The molecule has 4 nitrogen and oxygen atoms in total. The van der Waals surface area contributed by atoms with Gasteiger partial charge in [0.15, 0.2) is 5.78 Å². The van der Waals surface area contributed by atoms with E-state index in [1.165, 1.54) is 27.9 Å². The van der Waals surface area contributed by atoms with Crippen LogP contribution in [0.3, 0.4) is 0 Å². The van der Waals surface area contributed by atoms with Crippen molar-refractivity contribution in [2.24, 2.45) is 0 Å². The predicted molar refractivity (Wildman–Crippen MR) is 270 cm³/mol. The number of rotatable bonds is 6. The van der Waals surface area contributed by atoms with E-state index in [1.807, 2.05) is 18.2 Å². The Labute approximate surface area is 380 Å². The first-order valence-corrected chi connectivity index (χ1v) is 22.6. The SMILES string of the molecule is CC1(C)c2ccccc2C(=O)c2cc(-c3cccc(-n4c5ccc(N(c6ccccc6)c6ccccc6)cc5c5cc6c(cc54)C(C)(C)c4ccccc4N6c4ccccc4)c3)ccc21. The minimum absolute atomic E-state index is 0.0877. The highest BCUT2D eigenvalue weighted by atomic mass is 16.1. The van der Waals surface area contributed by atoms with Crippen LogP contribution in [0.1, 0.15) is 65.9 Å². The number of carbonyl (C=O) groups is 1. The summed E-state index contributed by atoms with van der Waals surface area (Å²) in [6, 6.07) is 76.0. The summed E-state index contributed by atoms with van der Waals surface area (Å²) >= 11 is 0. The van der Waals surface area contributed by atoms with Crippen LogP contribution in [0.25, 0.3) is 38.6 Å². The number of aromatic nitrogens is 1. The maximum absolute atomic E-state index is 14.1. The zero-order chi connectivity index (χ0) is 44.0. The van der Waals surface area contributed by atoms with Gasteiger partial charge in [-0.05, 0) is 124 Å². The average molecular weight is 838 g/mol. The molecule has 2 heterocycles. The van der Waals surface area contributed by atoms with Gasteiger partial charge in [-0.3, -0.25) is 4.79 Å². The molecule has 65 heavy (non-hydrogen) atoms. The van der Waals surface area contributed by atoms with E-state index >= 15 is 0 Å². The molecule has 12 rings (SSSR count). The van der Waals surface area contributed by atoms with E-state index in [-0.39, 0.29) is 16.6 Å². The predicted octanol–water partition coefficient (Wildman–Crippen LogP) is 15.9. The fourth-order valence-electron chi connectivity index (χ4n) is 10.9. The van der Waals surface area contributed by atoms with Crippen LogP contribution in [-0.4, -0.2) is 10.4 Å². The average Bonchev–Trinajstić information content (AvgIpc) is 3.67. The molecule has 0 bridgehead atoms. The number of anilines is 6. The van der Waals surface area contributed by atoms with Crippen LogP contribution < -0.4 is 9.80 Å². The van der Waals surface area contributed by atoms with Gasteiger partial charge in [0.1, 0.15) is 0 Å². The Morgan fingerprint density at radius 2 is 0.969 bits per heavy atom. The molecule has 2 aliphatic rings. The standard InChI is InChI=1S/C61H47N3O/c1-60(2)51-28-15-14-27-47(51)59(65)50-36-41(31-33-52(50)60)40-19-18-26-45(35-40)64-55-34-32-46(62(42-20-8-5-9-21-42)43-22-10-6-11-23-43)37-48(55)49-38-58-54(39-57(49)64)61(3,4)53-29-16-17-30-56(53)63(58)44-24-12-7-13-25-44/h5-39H,1-4H3. The molecule has 1 aliphatic carbocycles. The lowest BCUT2D eigenvalue weighted by Crippen LogP contribution is -2.30. The van der Waals surface area contributed by atoms with Crippen molar-refractivity contribution in [2.75, 3.05) is 9.80 Å². The molecule has 0 N–H and O–H groups in total. The largest absolute Gasteiger partial charge is 0.310 e. The summed E-state index contributed by atoms with van der Waals surface area (Å²) in [5.74, 6) is 0.0877. The molecular weight excluding hydrogens is 791 g/mol. The van der Waals surface area contributed by atoms with Crippen molar-refractivity contribution in [3.05, 3.63) is 246 Å². The first-order valence-electron chi connectivity index (χ1n) is 22.6. The van der Waals surface area contributed by atoms with Crippen LogP contribution in [0.5, 0.6) is 0 Å². The molecule has 10 aromatic rings. The van der Waals surface area contributed by atoms with Crippen LogP contribution in [0.15, 0.2) is 212 Å². The molecule has 1 aliphatic heterocycles. The summed E-state index contributed by atoms with van der Waals surface area (Å²) in [5, 5.41) is 2.33. The maximum atomic E-state index is 14.1. The Hall–Kier alpha value is -7.95. The van der Waals surface area contributed by atoms with Crippen LogP contribution in [0.4, 0.5) is 34.1 Å². The topological polar surface area (TPSA) is 28.5 Å². The summed E-state index contributed by atoms with van der Waals surface area (Å²) in [5.41, 5.74) is 17.8. The number of ketones is 1. The van der Waals surface area contributed by atoms with E-state index in [0.717, 1.165) is 78.2 Å². The van der Waals surface area contributed by atoms with Gasteiger partial charge in [-0.2, -0.15) is 0 Å². The van der Waals surface area contributed by atoms with Crippen LogP contribution in [0.2, 0.25) is 0 Å². The second-order valence-corrected chi connectivity index (χ2v) is 18.6. The lowest BCUT2D eigenvalue weighted by molar-refractivity contribution is 0.103. The fraction of sp³-hybridized carbons (Fsp3) is 0.0984. The third-order valence-electron chi connectivity index (χ3n) is 14.1. The second-order valence-electron chi connectivity index (χ2n) is 18.6. The lowest BCUT2D eigenvalue weighted by atomic mass is 9.68. The normalized spacial score (nSPS) is 14.4. The maximum Gasteiger partial charge on any atom is 0.193 e. The summed E-state index contributed by atoms with van der Waals surface area (Å²) < 4.78 is 2.44. The molecule has 0 radical (unpaired) electrons. The molecule has 0 spiro atoms. The second kappa shape index (κ2) is 14.5. The van der Waals surface area contributed by atoms with Crippen molar-refractivity contribution >= 4 is 61.7 Å². The first-order chi connectivity index (χ1) is 31.7. The van der Waals surface area contributed by atoms with Crippen molar-refractivity contribution in [1.82, 2.24) is 4.57 Å². The van der Waals surface area contributed by atoms with E-state index in [2.05, 4.69) is 236 Å². The molecule has 0 saturated heterocycles. The van der Waals surface area contributed by atoms with Gasteiger partial charge >= 0.3 is 0 Å². The van der Waals surface area contributed by atoms with Crippen molar-refractivity contribution in [3.63, 3.8) is 0 Å². The van der Waals surface area contributed by atoms with Gasteiger partial charge in [0.2, 0.25) is 0 Å². The third kappa shape index (κ3) is 5.94. The molecule has 4 heteroatoms. The van der Waals surface area contributed by atoms with Crippen LogP contribution in [0, 0.1) is 0 Å².